The van der Waals surface area contributed by atoms with Crippen LogP contribution in [0.2, 0.25) is 0 Å². The molecule has 1 aromatic heterocycles. The number of nitrogens with one attached hydrogen (secondary N) is 1. The number of aromatic nitrogens is 2. The summed E-state index contributed by atoms with van der Waals surface area (Å²) in [6.45, 7) is 2.41. The number of nitrogens with zero attached hydrogens (tertiary/aromatic N) is 2. The molecule has 0 saturated carbocycles. The number of ether oxygens (including phenoxy) is 1. The van der Waals surface area contributed by atoms with Gasteiger partial charge in [-0.1, -0.05) is 31.5 Å². The molecule has 0 spiro atoms. The van der Waals surface area contributed by atoms with Gasteiger partial charge in [-0.3, -0.25) is 9.59 Å². The molecule has 1 heterocycles. The van der Waals surface area contributed by atoms with Crippen LogP contribution in [0.5, 0.6) is 0 Å². The third-order valence-electron chi connectivity index (χ3n) is 3.22. The van der Waals surface area contributed by atoms with Crippen molar-refractivity contribution in [2.75, 3.05) is 13.2 Å². The van der Waals surface area contributed by atoms with Crippen molar-refractivity contribution in [1.29, 1.82) is 0 Å². The minimum Gasteiger partial charge on any atom is -0.455 e. The highest BCUT2D eigenvalue weighted by molar-refractivity contribution is 5.81. The van der Waals surface area contributed by atoms with Crippen molar-refractivity contribution in [3.8, 4) is 5.69 Å². The van der Waals surface area contributed by atoms with Gasteiger partial charge < -0.3 is 10.1 Å². The summed E-state index contributed by atoms with van der Waals surface area (Å²) in [4.78, 5) is 23.2. The Labute approximate surface area is 135 Å². The lowest BCUT2D eigenvalue weighted by Crippen LogP contribution is -2.29. The highest BCUT2D eigenvalue weighted by Gasteiger charge is 2.10. The molecule has 1 N–H and O–H groups in total. The Kier molecular flexibility index (Phi) is 6.35. The largest absolute Gasteiger partial charge is 0.455 e. The Balaban J connectivity index is 1.78. The van der Waals surface area contributed by atoms with E-state index >= 15 is 0 Å². The molecule has 0 atom stereocenters. The SMILES string of the molecule is CCCCNC(=O)COC(=O)Cc1cnn(-c2ccccc2)c1. The molecule has 1 aromatic carbocycles. The second kappa shape index (κ2) is 8.73. The fourth-order valence-electron chi connectivity index (χ4n) is 1.99. The number of carbonyl (C=O) groups is 2. The summed E-state index contributed by atoms with van der Waals surface area (Å²) in [6.07, 6.45) is 5.41. The Hall–Kier alpha value is -2.63. The lowest BCUT2D eigenvalue weighted by atomic mass is 10.2. The molecule has 0 fully saturated rings. The summed E-state index contributed by atoms with van der Waals surface area (Å²) in [7, 11) is 0. The molecule has 1 amide bonds. The molecule has 23 heavy (non-hydrogen) atoms. The normalized spacial score (nSPS) is 10.3. The van der Waals surface area contributed by atoms with Gasteiger partial charge in [-0.2, -0.15) is 5.10 Å². The molecule has 6 heteroatoms. The maximum atomic E-state index is 11.8. The van der Waals surface area contributed by atoms with Crippen molar-refractivity contribution in [2.45, 2.75) is 26.2 Å². The van der Waals surface area contributed by atoms with Crippen molar-refractivity contribution in [3.05, 3.63) is 48.3 Å². The lowest BCUT2D eigenvalue weighted by molar-refractivity contribution is -0.147. The van der Waals surface area contributed by atoms with E-state index in [1.807, 2.05) is 37.3 Å². The zero-order valence-electron chi connectivity index (χ0n) is 13.2. The van der Waals surface area contributed by atoms with Crippen LogP contribution in [0, 0.1) is 0 Å². The predicted octanol–water partition coefficient (Wildman–Crippen LogP) is 1.87. The highest BCUT2D eigenvalue weighted by atomic mass is 16.5. The first-order valence-electron chi connectivity index (χ1n) is 7.70. The summed E-state index contributed by atoms with van der Waals surface area (Å²) >= 11 is 0. The van der Waals surface area contributed by atoms with E-state index in [-0.39, 0.29) is 18.9 Å². The zero-order valence-corrected chi connectivity index (χ0v) is 13.2. The molecule has 2 aromatic rings. The molecule has 0 aliphatic rings. The van der Waals surface area contributed by atoms with E-state index in [9.17, 15) is 9.59 Å². The van der Waals surface area contributed by atoms with E-state index in [2.05, 4.69) is 10.4 Å². The van der Waals surface area contributed by atoms with E-state index in [0.717, 1.165) is 24.1 Å². The molecule has 0 unspecified atom stereocenters. The van der Waals surface area contributed by atoms with Crippen LogP contribution in [0.25, 0.3) is 5.69 Å². The third kappa shape index (κ3) is 5.58. The fraction of sp³-hybridized carbons (Fsp3) is 0.353. The minimum absolute atomic E-state index is 0.0923. The minimum atomic E-state index is -0.441. The third-order valence-corrected chi connectivity index (χ3v) is 3.22. The monoisotopic (exact) mass is 315 g/mol. The number of rotatable bonds is 8. The molecule has 0 saturated heterocycles. The van der Waals surface area contributed by atoms with Gasteiger partial charge in [0, 0.05) is 18.3 Å². The number of amides is 1. The van der Waals surface area contributed by atoms with Crippen LogP contribution in [0.15, 0.2) is 42.7 Å². The second-order valence-electron chi connectivity index (χ2n) is 5.17. The number of para-hydroxylation sites is 1. The maximum absolute atomic E-state index is 11.8. The predicted molar refractivity (Wildman–Crippen MR) is 86.1 cm³/mol. The summed E-state index contributed by atoms with van der Waals surface area (Å²) < 4.78 is 6.66. The first kappa shape index (κ1) is 16.7. The Morgan fingerprint density at radius 3 is 2.78 bits per heavy atom. The summed E-state index contributed by atoms with van der Waals surface area (Å²) in [5.41, 5.74) is 1.66. The average Bonchev–Trinajstić information content (AvgIpc) is 3.02. The quantitative estimate of drug-likeness (QED) is 0.596. The van der Waals surface area contributed by atoms with Crippen LogP contribution >= 0.6 is 0 Å². The molecule has 0 aliphatic carbocycles. The summed E-state index contributed by atoms with van der Waals surface area (Å²) in [5.74, 6) is -0.713. The van der Waals surface area contributed by atoms with Gasteiger partial charge in [-0.25, -0.2) is 4.68 Å². The van der Waals surface area contributed by atoms with Gasteiger partial charge in [-0.05, 0) is 18.6 Å². The van der Waals surface area contributed by atoms with Gasteiger partial charge in [-0.15, -0.1) is 0 Å². The van der Waals surface area contributed by atoms with Crippen LogP contribution in [0.1, 0.15) is 25.3 Å². The number of unbranched alkanes of at least 4 members (excludes halogenated alkanes) is 1. The average molecular weight is 315 g/mol. The van der Waals surface area contributed by atoms with Crippen molar-refractivity contribution >= 4 is 11.9 Å². The van der Waals surface area contributed by atoms with E-state index in [0.29, 0.717) is 6.54 Å². The smallest absolute Gasteiger partial charge is 0.310 e. The summed E-state index contributed by atoms with van der Waals surface area (Å²) in [5, 5.41) is 6.91. The maximum Gasteiger partial charge on any atom is 0.310 e. The number of hydrogen-bond acceptors (Lipinski definition) is 4. The van der Waals surface area contributed by atoms with Gasteiger partial charge in [0.25, 0.3) is 5.91 Å². The fourth-order valence-corrected chi connectivity index (χ4v) is 1.99. The van der Waals surface area contributed by atoms with Gasteiger partial charge >= 0.3 is 5.97 Å². The van der Waals surface area contributed by atoms with E-state index in [1.54, 1.807) is 17.1 Å². The number of carbonyl (C=O) groups excluding carboxylic acids is 2. The van der Waals surface area contributed by atoms with Crippen LogP contribution in [0.3, 0.4) is 0 Å². The molecule has 0 bridgehead atoms. The molecule has 2 rings (SSSR count). The van der Waals surface area contributed by atoms with Crippen molar-refractivity contribution in [1.82, 2.24) is 15.1 Å². The second-order valence-corrected chi connectivity index (χ2v) is 5.17. The molecule has 122 valence electrons. The molecular formula is C17H21N3O3. The number of esters is 1. The Bertz CT molecular complexity index is 638. The highest BCUT2D eigenvalue weighted by Crippen LogP contribution is 2.08. The van der Waals surface area contributed by atoms with Crippen LogP contribution in [-0.4, -0.2) is 34.8 Å². The van der Waals surface area contributed by atoms with Gasteiger partial charge in [0.1, 0.15) is 0 Å². The number of benzene rings is 1. The van der Waals surface area contributed by atoms with Crippen LogP contribution in [0.4, 0.5) is 0 Å². The van der Waals surface area contributed by atoms with Gasteiger partial charge in [0.2, 0.25) is 0 Å². The number of hydrogen-bond donors (Lipinski definition) is 1. The van der Waals surface area contributed by atoms with E-state index in [4.69, 9.17) is 4.74 Å². The molecule has 0 aliphatic heterocycles. The van der Waals surface area contributed by atoms with Gasteiger partial charge in [0.05, 0.1) is 18.3 Å². The van der Waals surface area contributed by atoms with Gasteiger partial charge in [0.15, 0.2) is 6.61 Å². The molecular weight excluding hydrogens is 294 g/mol. The van der Waals surface area contributed by atoms with E-state index < -0.39 is 5.97 Å². The summed E-state index contributed by atoms with van der Waals surface area (Å²) in [6, 6.07) is 9.62. The van der Waals surface area contributed by atoms with Crippen molar-refractivity contribution in [2.24, 2.45) is 0 Å². The molecule has 6 nitrogen and oxygen atoms in total. The van der Waals surface area contributed by atoms with Crippen molar-refractivity contribution in [3.63, 3.8) is 0 Å². The topological polar surface area (TPSA) is 73.2 Å². The van der Waals surface area contributed by atoms with Crippen LogP contribution in [-0.2, 0) is 20.7 Å². The lowest BCUT2D eigenvalue weighted by Gasteiger charge is -2.05. The molecule has 0 radical (unpaired) electrons. The first-order chi connectivity index (χ1) is 11.2. The Morgan fingerprint density at radius 1 is 1.26 bits per heavy atom. The zero-order chi connectivity index (χ0) is 16.5. The standard InChI is InChI=1S/C17H21N3O3/c1-2-3-9-18-16(21)13-23-17(22)10-14-11-19-20(12-14)15-7-5-4-6-8-15/h4-8,11-12H,2-3,9-10,13H2,1H3,(H,18,21). The van der Waals surface area contributed by atoms with Crippen LogP contribution < -0.4 is 5.32 Å². The first-order valence-corrected chi connectivity index (χ1v) is 7.70. The Morgan fingerprint density at radius 2 is 2.04 bits per heavy atom. The van der Waals surface area contributed by atoms with Crippen molar-refractivity contribution < 1.29 is 14.3 Å². The van der Waals surface area contributed by atoms with E-state index in [1.165, 1.54) is 0 Å².